The summed E-state index contributed by atoms with van der Waals surface area (Å²) in [6.07, 6.45) is 2.79. The van der Waals surface area contributed by atoms with Gasteiger partial charge in [0.15, 0.2) is 0 Å². The number of imide groups is 1. The van der Waals surface area contributed by atoms with Crippen LogP contribution in [0.5, 0.6) is 11.6 Å². The van der Waals surface area contributed by atoms with Gasteiger partial charge in [-0.25, -0.2) is 8.96 Å². The predicted molar refractivity (Wildman–Crippen MR) is 154 cm³/mol. The van der Waals surface area contributed by atoms with Crippen molar-refractivity contribution in [2.75, 3.05) is 19.7 Å². The monoisotopic (exact) mass is 557 g/mol. The molecule has 0 bridgehead atoms. The molecule has 4 aromatic rings. The van der Waals surface area contributed by atoms with Crippen molar-refractivity contribution in [1.82, 2.24) is 9.47 Å². The number of carbonyl (C=O) groups excluding carboxylic acids is 2. The molecule has 0 unspecified atom stereocenters. The van der Waals surface area contributed by atoms with Gasteiger partial charge in [0.2, 0.25) is 5.88 Å². The van der Waals surface area contributed by atoms with Gasteiger partial charge in [0, 0.05) is 29.1 Å². The lowest BCUT2D eigenvalue weighted by Crippen LogP contribution is -2.30. The largest absolute Gasteiger partial charge is 0.494 e. The molecule has 40 heavy (non-hydrogen) atoms. The summed E-state index contributed by atoms with van der Waals surface area (Å²) in [6, 6.07) is 19.6. The lowest BCUT2D eigenvalue weighted by molar-refractivity contribution is -0.122. The Bertz CT molecular complexity index is 1730. The van der Waals surface area contributed by atoms with E-state index in [9.17, 15) is 23.9 Å². The van der Waals surface area contributed by atoms with Crippen molar-refractivity contribution in [1.29, 1.82) is 0 Å². The van der Waals surface area contributed by atoms with E-state index in [-0.39, 0.29) is 29.4 Å². The molecular weight excluding hydrogens is 533 g/mol. The van der Waals surface area contributed by atoms with Gasteiger partial charge in [-0.05, 0) is 61.2 Å². The number of hydrogen-bond acceptors (Lipinski definition) is 7. The van der Waals surface area contributed by atoms with Crippen LogP contribution < -0.4 is 10.3 Å². The number of amides is 2. The second-order valence-electron chi connectivity index (χ2n) is 8.74. The van der Waals surface area contributed by atoms with E-state index in [0.29, 0.717) is 34.4 Å². The molecule has 1 saturated heterocycles. The van der Waals surface area contributed by atoms with Crippen molar-refractivity contribution in [3.8, 4) is 17.3 Å². The van der Waals surface area contributed by atoms with Gasteiger partial charge in [-0.2, -0.15) is 0 Å². The zero-order valence-electron chi connectivity index (χ0n) is 21.4. The summed E-state index contributed by atoms with van der Waals surface area (Å²) >= 11 is 0.742. The number of benzene rings is 3. The van der Waals surface area contributed by atoms with Crippen LogP contribution in [-0.2, 0) is 4.79 Å². The Morgan fingerprint density at radius 2 is 1.68 bits per heavy atom. The highest BCUT2D eigenvalue weighted by Gasteiger charge is 2.34. The molecule has 3 aromatic carbocycles. The first-order valence-corrected chi connectivity index (χ1v) is 13.3. The maximum atomic E-state index is 14.0. The summed E-state index contributed by atoms with van der Waals surface area (Å²) in [5.74, 6) is -0.670. The lowest BCUT2D eigenvalue weighted by Gasteiger charge is -2.14. The standard InChI is InChI=1S/C30H24FN3O5S/c1-2-39-21-13-11-20(12-14-21)34-27(35)23-9-5-4-8-22(23)24(28(34)36)18-32-15-16-33-29(37)26(40-30(33)38)17-19-7-3-6-10-25(19)31/h3-14,17-18,36H,2,15-16H2,1H3/b26-17+,32-18?. The van der Waals surface area contributed by atoms with Crippen LogP contribution in [-0.4, -0.2) is 51.6 Å². The number of fused-ring (bicyclic) bond motifs is 1. The summed E-state index contributed by atoms with van der Waals surface area (Å²) < 4.78 is 20.7. The van der Waals surface area contributed by atoms with Gasteiger partial charge in [0.25, 0.3) is 16.7 Å². The Morgan fingerprint density at radius 3 is 2.40 bits per heavy atom. The predicted octanol–water partition coefficient (Wildman–Crippen LogP) is 5.39. The molecule has 2 amide bonds. The van der Waals surface area contributed by atoms with Crippen LogP contribution in [0.4, 0.5) is 9.18 Å². The van der Waals surface area contributed by atoms with E-state index in [2.05, 4.69) is 4.99 Å². The molecule has 1 aliphatic heterocycles. The summed E-state index contributed by atoms with van der Waals surface area (Å²) in [6.45, 7) is 2.42. The summed E-state index contributed by atoms with van der Waals surface area (Å²) in [7, 11) is 0. The molecular formula is C30H24FN3O5S. The van der Waals surface area contributed by atoms with E-state index in [1.807, 2.05) is 6.92 Å². The van der Waals surface area contributed by atoms with Crippen molar-refractivity contribution in [2.45, 2.75) is 6.92 Å². The fourth-order valence-corrected chi connectivity index (χ4v) is 5.18. The normalized spacial score (nSPS) is 14.7. The van der Waals surface area contributed by atoms with Crippen molar-refractivity contribution in [3.63, 3.8) is 0 Å². The molecule has 1 aliphatic rings. The molecule has 202 valence electrons. The van der Waals surface area contributed by atoms with Crippen LogP contribution in [0.15, 0.2) is 87.5 Å². The first-order valence-electron chi connectivity index (χ1n) is 12.5. The molecule has 0 atom stereocenters. The Morgan fingerprint density at radius 1 is 0.975 bits per heavy atom. The molecule has 1 N–H and O–H groups in total. The topological polar surface area (TPSA) is 101 Å². The Kier molecular flexibility index (Phi) is 7.79. The first kappa shape index (κ1) is 26.9. The average molecular weight is 558 g/mol. The number of carbonyl (C=O) groups is 2. The van der Waals surface area contributed by atoms with E-state index in [1.54, 1.807) is 60.7 Å². The number of aliphatic imine (C=N–C) groups is 1. The first-order chi connectivity index (χ1) is 19.4. The minimum Gasteiger partial charge on any atom is -0.494 e. The number of thioether (sulfide) groups is 1. The SMILES string of the molecule is CCOc1ccc(-n2c(O)c(C=NCCN3C(=O)S/C(=C/c4ccccc4F)C3=O)c3ccccc3c2=O)cc1. The van der Waals surface area contributed by atoms with Crippen LogP contribution in [0.3, 0.4) is 0 Å². The second-order valence-corrected chi connectivity index (χ2v) is 9.73. The maximum Gasteiger partial charge on any atom is 0.293 e. The van der Waals surface area contributed by atoms with Crippen LogP contribution in [0.25, 0.3) is 22.5 Å². The fraction of sp³-hybridized carbons (Fsp3) is 0.133. The van der Waals surface area contributed by atoms with Crippen LogP contribution in [0, 0.1) is 5.82 Å². The van der Waals surface area contributed by atoms with Crippen LogP contribution >= 0.6 is 11.8 Å². The lowest BCUT2D eigenvalue weighted by atomic mass is 10.1. The summed E-state index contributed by atoms with van der Waals surface area (Å²) in [4.78, 5) is 44.1. The van der Waals surface area contributed by atoms with Crippen molar-refractivity contribution < 1.29 is 23.8 Å². The van der Waals surface area contributed by atoms with Gasteiger partial charge in [-0.1, -0.05) is 36.4 Å². The van der Waals surface area contributed by atoms with E-state index < -0.39 is 22.5 Å². The minimum atomic E-state index is -0.522. The van der Waals surface area contributed by atoms with E-state index >= 15 is 0 Å². The Labute approximate surface area is 233 Å². The molecule has 2 heterocycles. The average Bonchev–Trinajstić information content (AvgIpc) is 3.22. The molecule has 1 fully saturated rings. The highest BCUT2D eigenvalue weighted by Crippen LogP contribution is 2.32. The van der Waals surface area contributed by atoms with Crippen molar-refractivity contribution >= 4 is 46.0 Å². The number of nitrogens with zero attached hydrogens (tertiary/aromatic N) is 3. The van der Waals surface area contributed by atoms with E-state index in [1.165, 1.54) is 29.0 Å². The smallest absolute Gasteiger partial charge is 0.293 e. The Balaban J connectivity index is 1.40. The second kappa shape index (κ2) is 11.6. The summed E-state index contributed by atoms with van der Waals surface area (Å²) in [5.41, 5.74) is 0.591. The number of rotatable bonds is 8. The third kappa shape index (κ3) is 5.26. The third-order valence-electron chi connectivity index (χ3n) is 6.25. The van der Waals surface area contributed by atoms with Crippen molar-refractivity contribution in [3.05, 3.63) is 105 Å². The third-order valence-corrected chi connectivity index (χ3v) is 7.16. The number of halogens is 1. The Hall–Kier alpha value is -4.70. The molecule has 8 nitrogen and oxygen atoms in total. The molecule has 1 aromatic heterocycles. The number of ether oxygens (including phenoxy) is 1. The number of pyridine rings is 1. The molecule has 0 spiro atoms. The van der Waals surface area contributed by atoms with Gasteiger partial charge in [0.1, 0.15) is 11.6 Å². The molecule has 0 saturated carbocycles. The van der Waals surface area contributed by atoms with Gasteiger partial charge < -0.3 is 9.84 Å². The minimum absolute atomic E-state index is 0.00694. The summed E-state index contributed by atoms with van der Waals surface area (Å²) in [5, 5.41) is 11.6. The van der Waals surface area contributed by atoms with Crippen LogP contribution in [0.2, 0.25) is 0 Å². The zero-order chi connectivity index (χ0) is 28.2. The number of hydrogen-bond donors (Lipinski definition) is 1. The van der Waals surface area contributed by atoms with Crippen LogP contribution in [0.1, 0.15) is 18.1 Å². The van der Waals surface area contributed by atoms with E-state index in [4.69, 9.17) is 4.74 Å². The molecule has 0 radical (unpaired) electrons. The quantitative estimate of drug-likeness (QED) is 0.230. The zero-order valence-corrected chi connectivity index (χ0v) is 22.2. The van der Waals surface area contributed by atoms with Gasteiger partial charge in [-0.15, -0.1) is 0 Å². The molecule has 5 rings (SSSR count). The van der Waals surface area contributed by atoms with Gasteiger partial charge in [-0.3, -0.25) is 24.3 Å². The number of aromatic nitrogens is 1. The van der Waals surface area contributed by atoms with Crippen molar-refractivity contribution in [2.24, 2.45) is 4.99 Å². The highest BCUT2D eigenvalue weighted by atomic mass is 32.2. The maximum absolute atomic E-state index is 14.0. The molecule has 10 heteroatoms. The van der Waals surface area contributed by atoms with E-state index in [0.717, 1.165) is 16.7 Å². The van der Waals surface area contributed by atoms with Gasteiger partial charge in [0.05, 0.1) is 29.3 Å². The van der Waals surface area contributed by atoms with Gasteiger partial charge >= 0.3 is 0 Å². The fourth-order valence-electron chi connectivity index (χ4n) is 4.33. The molecule has 0 aliphatic carbocycles. The number of aromatic hydroxyl groups is 1. The highest BCUT2D eigenvalue weighted by molar-refractivity contribution is 8.18.